The molecule has 0 radical (unpaired) electrons. The summed E-state index contributed by atoms with van der Waals surface area (Å²) >= 11 is 0. The molecule has 154 valence electrons. The van der Waals surface area contributed by atoms with Gasteiger partial charge in [0.15, 0.2) is 11.6 Å². The molecule has 0 spiro atoms. The van der Waals surface area contributed by atoms with E-state index in [-0.39, 0.29) is 11.8 Å². The third-order valence-corrected chi connectivity index (χ3v) is 4.57. The van der Waals surface area contributed by atoms with Crippen LogP contribution in [0, 0.1) is 0 Å². The molecule has 0 saturated carbocycles. The highest BCUT2D eigenvalue weighted by atomic mass is 16.5. The standard InChI is InChI=1S/C22H23N5O3/c1-15(2)21-24-20(30-26-21)11-6-12-23-22(28)18-14-17(19-10-7-13-29-19)25-27(18)16-8-4-3-5-9-16/h3-5,7-10,13-15H,6,11-12H2,1-2H3,(H,23,28). The molecule has 1 N–H and O–H groups in total. The molecule has 30 heavy (non-hydrogen) atoms. The van der Waals surface area contributed by atoms with Gasteiger partial charge < -0.3 is 14.3 Å². The summed E-state index contributed by atoms with van der Waals surface area (Å²) < 4.78 is 12.3. The molecule has 3 heterocycles. The number of furan rings is 1. The Kier molecular flexibility index (Phi) is 5.74. The first-order valence-electron chi connectivity index (χ1n) is 9.92. The molecule has 0 saturated heterocycles. The summed E-state index contributed by atoms with van der Waals surface area (Å²) in [5, 5.41) is 11.5. The van der Waals surface area contributed by atoms with Crippen molar-refractivity contribution in [3.63, 3.8) is 0 Å². The Morgan fingerprint density at radius 1 is 1.17 bits per heavy atom. The molecule has 1 aromatic carbocycles. The lowest BCUT2D eigenvalue weighted by Crippen LogP contribution is -2.27. The van der Waals surface area contributed by atoms with Gasteiger partial charge in [-0.1, -0.05) is 37.2 Å². The van der Waals surface area contributed by atoms with Crippen molar-refractivity contribution in [3.8, 4) is 17.1 Å². The quantitative estimate of drug-likeness (QED) is 0.445. The monoisotopic (exact) mass is 405 g/mol. The number of carbonyl (C=O) groups excluding carboxylic acids is 1. The van der Waals surface area contributed by atoms with Crippen molar-refractivity contribution < 1.29 is 13.7 Å². The van der Waals surface area contributed by atoms with Gasteiger partial charge in [0.2, 0.25) is 5.89 Å². The molecule has 0 aliphatic carbocycles. The van der Waals surface area contributed by atoms with Crippen LogP contribution in [0.2, 0.25) is 0 Å². The summed E-state index contributed by atoms with van der Waals surface area (Å²) in [6.45, 7) is 4.51. The van der Waals surface area contributed by atoms with Gasteiger partial charge in [-0.05, 0) is 30.7 Å². The van der Waals surface area contributed by atoms with Gasteiger partial charge in [-0.25, -0.2) is 4.68 Å². The number of aromatic nitrogens is 4. The number of nitrogens with zero attached hydrogens (tertiary/aromatic N) is 4. The van der Waals surface area contributed by atoms with Crippen molar-refractivity contribution in [3.05, 3.63) is 72.2 Å². The van der Waals surface area contributed by atoms with Gasteiger partial charge in [-0.15, -0.1) is 0 Å². The van der Waals surface area contributed by atoms with E-state index in [0.717, 1.165) is 5.69 Å². The highest BCUT2D eigenvalue weighted by Gasteiger charge is 2.18. The maximum atomic E-state index is 12.9. The molecule has 8 heteroatoms. The highest BCUT2D eigenvalue weighted by Crippen LogP contribution is 2.22. The smallest absolute Gasteiger partial charge is 0.270 e. The Bertz CT molecular complexity index is 1100. The minimum atomic E-state index is -0.211. The van der Waals surface area contributed by atoms with Crippen LogP contribution in [-0.2, 0) is 6.42 Å². The minimum Gasteiger partial charge on any atom is -0.463 e. The van der Waals surface area contributed by atoms with Gasteiger partial charge in [-0.3, -0.25) is 4.79 Å². The van der Waals surface area contributed by atoms with Crippen LogP contribution in [0.3, 0.4) is 0 Å². The lowest BCUT2D eigenvalue weighted by atomic mass is 10.2. The molecule has 0 aliphatic rings. The van der Waals surface area contributed by atoms with E-state index in [2.05, 4.69) is 20.6 Å². The number of benzene rings is 1. The zero-order valence-corrected chi connectivity index (χ0v) is 16.9. The fourth-order valence-corrected chi connectivity index (χ4v) is 2.99. The Morgan fingerprint density at radius 2 is 2.00 bits per heavy atom. The number of amides is 1. The van der Waals surface area contributed by atoms with Crippen molar-refractivity contribution in [1.29, 1.82) is 0 Å². The van der Waals surface area contributed by atoms with Crippen molar-refractivity contribution in [1.82, 2.24) is 25.2 Å². The summed E-state index contributed by atoms with van der Waals surface area (Å²) in [5.74, 6) is 1.91. The second kappa shape index (κ2) is 8.77. The summed E-state index contributed by atoms with van der Waals surface area (Å²) in [6, 6.07) is 14.9. The van der Waals surface area contributed by atoms with Crippen molar-refractivity contribution in [2.24, 2.45) is 0 Å². The van der Waals surface area contributed by atoms with Crippen LogP contribution >= 0.6 is 0 Å². The predicted molar refractivity (Wildman–Crippen MR) is 110 cm³/mol. The van der Waals surface area contributed by atoms with Gasteiger partial charge in [0.05, 0.1) is 12.0 Å². The van der Waals surface area contributed by atoms with Gasteiger partial charge in [-0.2, -0.15) is 10.1 Å². The van der Waals surface area contributed by atoms with Crippen LogP contribution < -0.4 is 5.32 Å². The molecule has 0 fully saturated rings. The van der Waals surface area contributed by atoms with E-state index in [9.17, 15) is 4.79 Å². The number of aryl methyl sites for hydroxylation is 1. The Morgan fingerprint density at radius 3 is 2.70 bits per heavy atom. The first kappa shape index (κ1) is 19.6. The topological polar surface area (TPSA) is 99.0 Å². The number of hydrogen-bond donors (Lipinski definition) is 1. The molecule has 0 unspecified atom stereocenters. The summed E-state index contributed by atoms with van der Waals surface area (Å²) in [7, 11) is 0. The summed E-state index contributed by atoms with van der Waals surface area (Å²) in [5.41, 5.74) is 1.83. The molecule has 1 amide bonds. The van der Waals surface area contributed by atoms with E-state index in [1.165, 1.54) is 0 Å². The van der Waals surface area contributed by atoms with Crippen LogP contribution in [0.15, 0.2) is 63.7 Å². The molecule has 8 nitrogen and oxygen atoms in total. The molecule has 4 rings (SSSR count). The van der Waals surface area contributed by atoms with Crippen LogP contribution in [-0.4, -0.2) is 32.4 Å². The van der Waals surface area contributed by atoms with Gasteiger partial charge in [0.25, 0.3) is 5.91 Å². The molecule has 0 bridgehead atoms. The SMILES string of the molecule is CC(C)c1noc(CCCNC(=O)c2cc(-c3ccco3)nn2-c2ccccc2)n1. The molecule has 4 aromatic rings. The van der Waals surface area contributed by atoms with Crippen LogP contribution in [0.4, 0.5) is 0 Å². The number of rotatable bonds is 8. The van der Waals surface area contributed by atoms with Crippen molar-refractivity contribution in [2.75, 3.05) is 6.54 Å². The summed E-state index contributed by atoms with van der Waals surface area (Å²) in [4.78, 5) is 17.2. The average molecular weight is 405 g/mol. The fourth-order valence-electron chi connectivity index (χ4n) is 2.99. The van der Waals surface area contributed by atoms with Crippen LogP contribution in [0.25, 0.3) is 17.1 Å². The van der Waals surface area contributed by atoms with Crippen molar-refractivity contribution >= 4 is 5.91 Å². The molecule has 0 atom stereocenters. The molecule has 0 aliphatic heterocycles. The highest BCUT2D eigenvalue weighted by molar-refractivity contribution is 5.94. The Labute approximate surface area is 173 Å². The molecular weight excluding hydrogens is 382 g/mol. The molecular formula is C22H23N5O3. The first-order valence-corrected chi connectivity index (χ1v) is 9.92. The second-order valence-electron chi connectivity index (χ2n) is 7.20. The van der Waals surface area contributed by atoms with E-state index < -0.39 is 0 Å². The third kappa shape index (κ3) is 4.32. The van der Waals surface area contributed by atoms with Gasteiger partial charge in [0.1, 0.15) is 11.4 Å². The Hall–Kier alpha value is -3.68. The summed E-state index contributed by atoms with van der Waals surface area (Å²) in [6.07, 6.45) is 2.88. The lowest BCUT2D eigenvalue weighted by molar-refractivity contribution is 0.0945. The van der Waals surface area contributed by atoms with E-state index >= 15 is 0 Å². The van der Waals surface area contributed by atoms with Crippen LogP contribution in [0.5, 0.6) is 0 Å². The van der Waals surface area contributed by atoms with Crippen molar-refractivity contribution in [2.45, 2.75) is 32.6 Å². The lowest BCUT2D eigenvalue weighted by Gasteiger charge is -2.07. The fraction of sp³-hybridized carbons (Fsp3) is 0.273. The number of para-hydroxylation sites is 1. The van der Waals surface area contributed by atoms with E-state index in [1.54, 1.807) is 23.1 Å². The minimum absolute atomic E-state index is 0.211. The Balaban J connectivity index is 1.44. The van der Waals surface area contributed by atoms with E-state index in [4.69, 9.17) is 8.94 Å². The van der Waals surface area contributed by atoms with E-state index in [1.807, 2.05) is 50.2 Å². The van der Waals surface area contributed by atoms with E-state index in [0.29, 0.717) is 48.2 Å². The zero-order valence-electron chi connectivity index (χ0n) is 16.9. The largest absolute Gasteiger partial charge is 0.463 e. The van der Waals surface area contributed by atoms with Gasteiger partial charge in [0, 0.05) is 24.9 Å². The number of nitrogens with one attached hydrogen (secondary N) is 1. The average Bonchev–Trinajstić information content (AvgIpc) is 3.52. The third-order valence-electron chi connectivity index (χ3n) is 4.57. The number of carbonyl (C=O) groups is 1. The van der Waals surface area contributed by atoms with Gasteiger partial charge >= 0.3 is 0 Å². The predicted octanol–water partition coefficient (Wildman–Crippen LogP) is 4.00. The first-order chi connectivity index (χ1) is 14.6. The zero-order chi connectivity index (χ0) is 20.9. The van der Waals surface area contributed by atoms with Crippen LogP contribution in [0.1, 0.15) is 48.4 Å². The normalized spacial score (nSPS) is 11.2. The second-order valence-corrected chi connectivity index (χ2v) is 7.20. The maximum absolute atomic E-state index is 12.9. The molecule has 3 aromatic heterocycles. The number of hydrogen-bond acceptors (Lipinski definition) is 6. The maximum Gasteiger partial charge on any atom is 0.270 e.